The first-order chi connectivity index (χ1) is 9.08. The van der Waals surface area contributed by atoms with Crippen LogP contribution in [-0.4, -0.2) is 33.2 Å². The maximum Gasteiger partial charge on any atom is 0.353 e. The molecule has 0 saturated heterocycles. The molecule has 1 aliphatic heterocycles. The highest BCUT2D eigenvalue weighted by molar-refractivity contribution is 5.87. The van der Waals surface area contributed by atoms with Gasteiger partial charge in [-0.25, -0.2) is 9.18 Å². The molecule has 3 N–H and O–H groups in total. The first-order valence-corrected chi connectivity index (χ1v) is 5.18. The molecule has 0 atom stereocenters. The molecule has 0 aliphatic carbocycles. The summed E-state index contributed by atoms with van der Waals surface area (Å²) >= 11 is 0. The Morgan fingerprint density at radius 3 is 2.89 bits per heavy atom. The zero-order valence-corrected chi connectivity index (χ0v) is 9.31. The molecule has 98 valence electrons. The van der Waals surface area contributed by atoms with Gasteiger partial charge in [-0.15, -0.1) is 0 Å². The van der Waals surface area contributed by atoms with Gasteiger partial charge in [0, 0.05) is 6.07 Å². The molecule has 7 nitrogen and oxygen atoms in total. The smallest absolute Gasteiger partial charge is 0.353 e. The van der Waals surface area contributed by atoms with Crippen molar-refractivity contribution >= 4 is 5.97 Å². The number of aromatic nitrogens is 2. The van der Waals surface area contributed by atoms with Gasteiger partial charge in [-0.1, -0.05) is 0 Å². The van der Waals surface area contributed by atoms with Crippen molar-refractivity contribution in [1.82, 2.24) is 10.2 Å². The molecule has 1 aromatic heterocycles. The summed E-state index contributed by atoms with van der Waals surface area (Å²) in [5, 5.41) is 24.2. The molecular weight excluding hydrogens is 259 g/mol. The largest absolute Gasteiger partial charge is 0.505 e. The summed E-state index contributed by atoms with van der Waals surface area (Å²) in [6.07, 6.45) is 0. The van der Waals surface area contributed by atoms with Crippen LogP contribution < -0.4 is 9.47 Å². The zero-order valence-electron chi connectivity index (χ0n) is 9.31. The van der Waals surface area contributed by atoms with E-state index in [1.807, 2.05) is 0 Å². The SMILES string of the molecule is O=C(O)c1cc(-c2c(F)c(O)cc3c2OCO3)n[nH]1. The highest BCUT2D eigenvalue weighted by Gasteiger charge is 2.27. The number of aromatic carboxylic acids is 1. The number of carbonyl (C=O) groups is 1. The van der Waals surface area contributed by atoms with Crippen molar-refractivity contribution in [1.29, 1.82) is 0 Å². The highest BCUT2D eigenvalue weighted by Crippen LogP contribution is 2.46. The first-order valence-electron chi connectivity index (χ1n) is 5.18. The van der Waals surface area contributed by atoms with Gasteiger partial charge in [0.1, 0.15) is 5.69 Å². The van der Waals surface area contributed by atoms with E-state index >= 15 is 0 Å². The lowest BCUT2D eigenvalue weighted by atomic mass is 10.1. The highest BCUT2D eigenvalue weighted by atomic mass is 19.1. The number of H-pyrrole nitrogens is 1. The van der Waals surface area contributed by atoms with Gasteiger partial charge in [0.05, 0.1) is 11.3 Å². The predicted octanol–water partition coefficient (Wildman–Crippen LogP) is 1.35. The van der Waals surface area contributed by atoms with Crippen LogP contribution in [0.3, 0.4) is 0 Å². The molecule has 1 aromatic carbocycles. The molecule has 8 heteroatoms. The number of ether oxygens (including phenoxy) is 2. The summed E-state index contributed by atoms with van der Waals surface area (Å²) in [6, 6.07) is 2.23. The number of benzene rings is 1. The summed E-state index contributed by atoms with van der Waals surface area (Å²) in [6.45, 7) is -0.110. The van der Waals surface area contributed by atoms with E-state index in [0.29, 0.717) is 0 Å². The number of hydrogen-bond acceptors (Lipinski definition) is 5. The molecule has 0 fully saturated rings. The second kappa shape index (κ2) is 3.87. The quantitative estimate of drug-likeness (QED) is 0.757. The number of hydrogen-bond donors (Lipinski definition) is 3. The lowest BCUT2D eigenvalue weighted by Gasteiger charge is -2.06. The Kier molecular flexibility index (Phi) is 2.31. The van der Waals surface area contributed by atoms with Gasteiger partial charge < -0.3 is 19.7 Å². The number of phenolic OH excluding ortho intramolecular Hbond substituents is 1. The van der Waals surface area contributed by atoms with E-state index in [9.17, 15) is 14.3 Å². The number of phenols is 1. The fourth-order valence-corrected chi connectivity index (χ4v) is 1.79. The number of halogens is 1. The van der Waals surface area contributed by atoms with E-state index in [1.54, 1.807) is 0 Å². The summed E-state index contributed by atoms with van der Waals surface area (Å²) in [7, 11) is 0. The van der Waals surface area contributed by atoms with Crippen molar-refractivity contribution in [2.24, 2.45) is 0 Å². The molecule has 2 heterocycles. The number of aromatic amines is 1. The van der Waals surface area contributed by atoms with Gasteiger partial charge in [-0.05, 0) is 6.07 Å². The van der Waals surface area contributed by atoms with Crippen molar-refractivity contribution in [3.8, 4) is 28.5 Å². The minimum absolute atomic E-state index is 0.00699. The minimum Gasteiger partial charge on any atom is -0.505 e. The number of carboxylic acids is 1. The van der Waals surface area contributed by atoms with Crippen molar-refractivity contribution < 1.29 is 28.9 Å². The lowest BCUT2D eigenvalue weighted by Crippen LogP contribution is -1.95. The number of rotatable bonds is 2. The molecule has 0 spiro atoms. The van der Waals surface area contributed by atoms with Gasteiger partial charge in [0.15, 0.2) is 23.1 Å². The number of carboxylic acid groups (broad SMARTS) is 1. The van der Waals surface area contributed by atoms with Crippen LogP contribution in [-0.2, 0) is 0 Å². The van der Waals surface area contributed by atoms with Crippen LogP contribution in [0.4, 0.5) is 4.39 Å². The van der Waals surface area contributed by atoms with Crippen LogP contribution in [0.1, 0.15) is 10.5 Å². The number of fused-ring (bicyclic) bond motifs is 1. The maximum absolute atomic E-state index is 14.0. The monoisotopic (exact) mass is 266 g/mol. The molecule has 3 rings (SSSR count). The Balaban J connectivity index is 2.21. The molecule has 0 amide bonds. The molecule has 0 bridgehead atoms. The van der Waals surface area contributed by atoms with E-state index in [-0.39, 0.29) is 35.2 Å². The fourth-order valence-electron chi connectivity index (χ4n) is 1.79. The lowest BCUT2D eigenvalue weighted by molar-refractivity contribution is 0.0690. The number of aromatic hydroxyl groups is 1. The first kappa shape index (κ1) is 11.3. The molecule has 1 aliphatic rings. The van der Waals surface area contributed by atoms with Crippen molar-refractivity contribution in [3.05, 3.63) is 23.6 Å². The molecule has 0 unspecified atom stereocenters. The van der Waals surface area contributed by atoms with E-state index in [1.165, 1.54) is 0 Å². The van der Waals surface area contributed by atoms with Gasteiger partial charge >= 0.3 is 5.97 Å². The summed E-state index contributed by atoms with van der Waals surface area (Å²) in [5.74, 6) is -2.55. The minimum atomic E-state index is -1.23. The second-order valence-corrected chi connectivity index (χ2v) is 3.79. The Labute approximate surface area is 105 Å². The average Bonchev–Trinajstić information content (AvgIpc) is 2.99. The third-order valence-corrected chi connectivity index (χ3v) is 2.65. The van der Waals surface area contributed by atoms with E-state index in [4.69, 9.17) is 14.6 Å². The normalized spacial score (nSPS) is 12.7. The Bertz CT molecular complexity index is 682. The van der Waals surface area contributed by atoms with Crippen molar-refractivity contribution in [2.45, 2.75) is 0 Å². The molecule has 19 heavy (non-hydrogen) atoms. The van der Waals surface area contributed by atoms with Crippen molar-refractivity contribution in [2.75, 3.05) is 6.79 Å². The second-order valence-electron chi connectivity index (χ2n) is 3.79. The van der Waals surface area contributed by atoms with Crippen LogP contribution in [0.5, 0.6) is 17.2 Å². The van der Waals surface area contributed by atoms with Crippen LogP contribution in [0.15, 0.2) is 12.1 Å². The Morgan fingerprint density at radius 1 is 1.42 bits per heavy atom. The third-order valence-electron chi connectivity index (χ3n) is 2.65. The summed E-state index contributed by atoms with van der Waals surface area (Å²) in [4.78, 5) is 10.8. The Hall–Kier alpha value is -2.77. The van der Waals surface area contributed by atoms with Crippen LogP contribution >= 0.6 is 0 Å². The van der Waals surface area contributed by atoms with Gasteiger partial charge in [-0.3, -0.25) is 5.10 Å². The van der Waals surface area contributed by atoms with E-state index in [2.05, 4.69) is 10.2 Å². The summed E-state index contributed by atoms with van der Waals surface area (Å²) < 4.78 is 24.1. The van der Waals surface area contributed by atoms with Crippen molar-refractivity contribution in [3.63, 3.8) is 0 Å². The predicted molar refractivity (Wildman–Crippen MR) is 58.7 cm³/mol. The standard InChI is InChI=1S/C11H7FN2O5/c12-9-6(15)2-7-10(19-3-18-7)8(9)4-1-5(11(16)17)14-13-4/h1-2,15H,3H2,(H,13,14)(H,16,17). The van der Waals surface area contributed by atoms with Gasteiger partial charge in [0.2, 0.25) is 6.79 Å². The fraction of sp³-hybridized carbons (Fsp3) is 0.0909. The average molecular weight is 266 g/mol. The molecule has 2 aromatic rings. The third kappa shape index (κ3) is 1.65. The Morgan fingerprint density at radius 2 is 2.21 bits per heavy atom. The molecule has 0 radical (unpaired) electrons. The van der Waals surface area contributed by atoms with Crippen LogP contribution in [0.2, 0.25) is 0 Å². The van der Waals surface area contributed by atoms with Crippen LogP contribution in [0, 0.1) is 5.82 Å². The van der Waals surface area contributed by atoms with E-state index < -0.39 is 17.5 Å². The molecular formula is C11H7FN2O5. The maximum atomic E-state index is 14.0. The van der Waals surface area contributed by atoms with E-state index in [0.717, 1.165) is 12.1 Å². The molecule has 0 saturated carbocycles. The van der Waals surface area contributed by atoms with Crippen LogP contribution in [0.25, 0.3) is 11.3 Å². The van der Waals surface area contributed by atoms with Gasteiger partial charge in [0.25, 0.3) is 0 Å². The summed E-state index contributed by atoms with van der Waals surface area (Å²) in [5.41, 5.74) is -0.339. The zero-order chi connectivity index (χ0) is 13.6. The van der Waals surface area contributed by atoms with Gasteiger partial charge in [-0.2, -0.15) is 5.10 Å². The topological polar surface area (TPSA) is 105 Å². The number of nitrogens with one attached hydrogen (secondary N) is 1. The number of nitrogens with zero attached hydrogens (tertiary/aromatic N) is 1.